The molecule has 0 radical (unpaired) electrons. The molecular formula is C58H51N. The van der Waals surface area contributed by atoms with Crippen molar-refractivity contribution in [2.75, 3.05) is 4.90 Å². The summed E-state index contributed by atoms with van der Waals surface area (Å²) in [5.41, 5.74) is 20.8. The van der Waals surface area contributed by atoms with Crippen LogP contribution >= 0.6 is 0 Å². The SMILES string of the molecule is CCC1(CC)c2cc(/C=C/c3cccc4c3-c3ccccc3C4(c3ccccc3)c3ccccc3)ccc2-c2ccc(N(c3ccccc3)C3C=C(C)C=C(C)C3)cc21. The minimum Gasteiger partial charge on any atom is -0.334 e. The van der Waals surface area contributed by atoms with E-state index < -0.39 is 5.41 Å². The zero-order chi connectivity index (χ0) is 40.1. The first-order chi connectivity index (χ1) is 29.0. The topological polar surface area (TPSA) is 3.24 Å². The van der Waals surface area contributed by atoms with Crippen LogP contribution in [-0.2, 0) is 10.8 Å². The summed E-state index contributed by atoms with van der Waals surface area (Å²) in [4.78, 5) is 2.56. The maximum Gasteiger partial charge on any atom is 0.0713 e. The Balaban J connectivity index is 1.06. The lowest BCUT2D eigenvalue weighted by Gasteiger charge is -2.36. The van der Waals surface area contributed by atoms with E-state index >= 15 is 0 Å². The molecule has 7 aromatic rings. The predicted octanol–water partition coefficient (Wildman–Crippen LogP) is 15.1. The van der Waals surface area contributed by atoms with Crippen molar-refractivity contribution in [3.05, 3.63) is 238 Å². The Morgan fingerprint density at radius 1 is 0.542 bits per heavy atom. The number of rotatable bonds is 9. The van der Waals surface area contributed by atoms with E-state index in [1.165, 1.54) is 89.3 Å². The van der Waals surface area contributed by atoms with Crippen molar-refractivity contribution in [1.29, 1.82) is 0 Å². The number of nitrogens with zero attached hydrogens (tertiary/aromatic N) is 1. The lowest BCUT2D eigenvalue weighted by Crippen LogP contribution is -2.31. The van der Waals surface area contributed by atoms with Gasteiger partial charge in [0, 0.05) is 16.8 Å². The summed E-state index contributed by atoms with van der Waals surface area (Å²) in [5, 5.41) is 0. The fourth-order valence-electron chi connectivity index (χ4n) is 11.1. The monoisotopic (exact) mass is 761 g/mol. The van der Waals surface area contributed by atoms with Crippen molar-refractivity contribution in [3.8, 4) is 22.3 Å². The third kappa shape index (κ3) is 5.82. The molecule has 0 bridgehead atoms. The Morgan fingerprint density at radius 2 is 1.15 bits per heavy atom. The Morgan fingerprint density at radius 3 is 1.83 bits per heavy atom. The first-order valence-corrected chi connectivity index (χ1v) is 21.5. The van der Waals surface area contributed by atoms with Gasteiger partial charge in [0.05, 0.1) is 11.5 Å². The Labute approximate surface area is 350 Å². The van der Waals surface area contributed by atoms with E-state index in [4.69, 9.17) is 0 Å². The normalized spacial score (nSPS) is 16.8. The summed E-state index contributed by atoms with van der Waals surface area (Å²) in [7, 11) is 0. The zero-order valence-corrected chi connectivity index (χ0v) is 34.6. The van der Waals surface area contributed by atoms with Crippen molar-refractivity contribution < 1.29 is 0 Å². The minimum atomic E-state index is -0.407. The molecule has 0 aromatic heterocycles. The van der Waals surface area contributed by atoms with E-state index in [0.29, 0.717) is 0 Å². The number of benzene rings is 7. The van der Waals surface area contributed by atoms with Crippen molar-refractivity contribution in [3.63, 3.8) is 0 Å². The van der Waals surface area contributed by atoms with Gasteiger partial charge in [-0.3, -0.25) is 0 Å². The molecule has 1 heteroatoms. The molecule has 1 atom stereocenters. The fraction of sp³-hybridized carbons (Fsp3) is 0.172. The molecule has 3 aliphatic rings. The molecular weight excluding hydrogens is 711 g/mol. The summed E-state index contributed by atoms with van der Waals surface area (Å²) in [5.74, 6) is 0. The van der Waals surface area contributed by atoms with E-state index in [1.54, 1.807) is 0 Å². The highest BCUT2D eigenvalue weighted by Crippen LogP contribution is 2.58. The van der Waals surface area contributed by atoms with Crippen LogP contribution in [0.4, 0.5) is 11.4 Å². The number of fused-ring (bicyclic) bond motifs is 6. The van der Waals surface area contributed by atoms with Crippen molar-refractivity contribution in [2.45, 2.75) is 63.8 Å². The van der Waals surface area contributed by atoms with Gasteiger partial charge in [-0.15, -0.1) is 0 Å². The molecule has 0 saturated carbocycles. The first-order valence-electron chi connectivity index (χ1n) is 21.5. The van der Waals surface area contributed by atoms with Gasteiger partial charge >= 0.3 is 0 Å². The van der Waals surface area contributed by atoms with Gasteiger partial charge in [0.25, 0.3) is 0 Å². The van der Waals surface area contributed by atoms with Crippen LogP contribution in [0.3, 0.4) is 0 Å². The van der Waals surface area contributed by atoms with Gasteiger partial charge in [0.1, 0.15) is 0 Å². The van der Waals surface area contributed by atoms with E-state index in [0.717, 1.165) is 19.3 Å². The third-order valence-corrected chi connectivity index (χ3v) is 13.6. The fourth-order valence-corrected chi connectivity index (χ4v) is 11.1. The van der Waals surface area contributed by atoms with Gasteiger partial charge < -0.3 is 4.90 Å². The second kappa shape index (κ2) is 14.7. The molecule has 0 aliphatic heterocycles. The number of para-hydroxylation sites is 1. The van der Waals surface area contributed by atoms with Gasteiger partial charge in [0.2, 0.25) is 0 Å². The molecule has 59 heavy (non-hydrogen) atoms. The van der Waals surface area contributed by atoms with Crippen LogP contribution in [0, 0.1) is 0 Å². The zero-order valence-electron chi connectivity index (χ0n) is 34.6. The average Bonchev–Trinajstić information content (AvgIpc) is 3.74. The smallest absolute Gasteiger partial charge is 0.0713 e. The van der Waals surface area contributed by atoms with Crippen molar-refractivity contribution >= 4 is 23.5 Å². The maximum atomic E-state index is 2.56. The van der Waals surface area contributed by atoms with Gasteiger partial charge in [-0.1, -0.05) is 195 Å². The maximum absolute atomic E-state index is 2.56. The van der Waals surface area contributed by atoms with Crippen LogP contribution in [-0.4, -0.2) is 6.04 Å². The molecule has 0 amide bonds. The first kappa shape index (κ1) is 36.9. The Hall–Kier alpha value is -6.44. The van der Waals surface area contributed by atoms with Crippen molar-refractivity contribution in [2.24, 2.45) is 0 Å². The average molecular weight is 762 g/mol. The number of allylic oxidation sites excluding steroid dienone is 2. The van der Waals surface area contributed by atoms with Crippen LogP contribution in [0.25, 0.3) is 34.4 Å². The summed E-state index contributed by atoms with van der Waals surface area (Å²) in [6.07, 6.45) is 12.6. The molecule has 0 saturated heterocycles. The second-order valence-corrected chi connectivity index (χ2v) is 16.8. The van der Waals surface area contributed by atoms with Gasteiger partial charge in [0.15, 0.2) is 0 Å². The molecule has 1 unspecified atom stereocenters. The van der Waals surface area contributed by atoms with Crippen LogP contribution in [0.5, 0.6) is 0 Å². The second-order valence-electron chi connectivity index (χ2n) is 16.8. The summed E-state index contributed by atoms with van der Waals surface area (Å²) < 4.78 is 0. The van der Waals surface area contributed by atoms with Crippen LogP contribution in [0.1, 0.15) is 91.5 Å². The van der Waals surface area contributed by atoms with Crippen LogP contribution in [0.2, 0.25) is 0 Å². The van der Waals surface area contributed by atoms with E-state index in [1.807, 2.05) is 0 Å². The summed E-state index contributed by atoms with van der Waals surface area (Å²) in [6.45, 7) is 9.26. The molecule has 0 N–H and O–H groups in total. The van der Waals surface area contributed by atoms with Gasteiger partial charge in [-0.25, -0.2) is 0 Å². The predicted molar refractivity (Wildman–Crippen MR) is 250 cm³/mol. The third-order valence-electron chi connectivity index (χ3n) is 13.6. The van der Waals surface area contributed by atoms with Gasteiger partial charge in [-0.2, -0.15) is 0 Å². The molecule has 0 heterocycles. The Kier molecular flexibility index (Phi) is 9.21. The van der Waals surface area contributed by atoms with Gasteiger partial charge in [-0.05, 0) is 124 Å². The summed E-state index contributed by atoms with van der Waals surface area (Å²) >= 11 is 0. The molecule has 0 fully saturated rings. The number of anilines is 2. The highest BCUT2D eigenvalue weighted by Gasteiger charge is 2.46. The lowest BCUT2D eigenvalue weighted by molar-refractivity contribution is 0.490. The molecule has 3 aliphatic carbocycles. The quantitative estimate of drug-likeness (QED) is 0.132. The van der Waals surface area contributed by atoms with Crippen molar-refractivity contribution in [1.82, 2.24) is 0 Å². The highest BCUT2D eigenvalue weighted by molar-refractivity contribution is 5.93. The van der Waals surface area contributed by atoms with Crippen LogP contribution < -0.4 is 4.90 Å². The molecule has 0 spiro atoms. The Bertz CT molecular complexity index is 2740. The van der Waals surface area contributed by atoms with Crippen LogP contribution in [0.15, 0.2) is 193 Å². The van der Waals surface area contributed by atoms with E-state index in [2.05, 4.69) is 227 Å². The lowest BCUT2D eigenvalue weighted by atomic mass is 9.67. The van der Waals surface area contributed by atoms with E-state index in [9.17, 15) is 0 Å². The van der Waals surface area contributed by atoms with E-state index in [-0.39, 0.29) is 11.5 Å². The molecule has 288 valence electrons. The number of hydrogen-bond donors (Lipinski definition) is 0. The highest BCUT2D eigenvalue weighted by atomic mass is 15.2. The number of hydrogen-bond acceptors (Lipinski definition) is 1. The standard InChI is InChI=1S/C58H51N/c1-5-57(6-2)54-38-42(30-33-49(54)50-34-32-47(39-55(50)57)59(46-24-14-9-15-25-46)48-36-40(3)35-41(4)37-48)29-31-43-19-18-28-53-56(43)51-26-16-17-27-52(51)58(53,44-20-10-7-11-21-44)45-22-12-8-13-23-45/h7-36,38-39,48H,5-6,37H2,1-4H3/b31-29+. The summed E-state index contributed by atoms with van der Waals surface area (Å²) in [6, 6.07) is 63.8. The molecule has 10 rings (SSSR count). The molecule has 1 nitrogen and oxygen atoms in total. The molecule has 7 aromatic carbocycles. The minimum absolute atomic E-state index is 0.0705. The largest absolute Gasteiger partial charge is 0.334 e.